The SMILES string of the molecule is Cl.NC1CC(NC(=O)C2CCC2)C1. The minimum absolute atomic E-state index is 0. The van der Waals surface area contributed by atoms with E-state index in [-0.39, 0.29) is 18.3 Å². The van der Waals surface area contributed by atoms with Gasteiger partial charge in [-0.3, -0.25) is 4.79 Å². The van der Waals surface area contributed by atoms with Crippen LogP contribution in [-0.4, -0.2) is 18.0 Å². The molecular formula is C9H17ClN2O. The molecule has 0 spiro atoms. The van der Waals surface area contributed by atoms with Gasteiger partial charge in [-0.25, -0.2) is 0 Å². The summed E-state index contributed by atoms with van der Waals surface area (Å²) in [5.41, 5.74) is 5.62. The van der Waals surface area contributed by atoms with Crippen LogP contribution in [0.25, 0.3) is 0 Å². The van der Waals surface area contributed by atoms with Crippen LogP contribution in [0, 0.1) is 5.92 Å². The Bertz CT molecular complexity index is 188. The minimum atomic E-state index is 0. The van der Waals surface area contributed by atoms with Crippen molar-refractivity contribution in [3.8, 4) is 0 Å². The van der Waals surface area contributed by atoms with Gasteiger partial charge in [0.15, 0.2) is 0 Å². The lowest BCUT2D eigenvalue weighted by molar-refractivity contribution is -0.128. The number of rotatable bonds is 2. The van der Waals surface area contributed by atoms with E-state index < -0.39 is 0 Å². The summed E-state index contributed by atoms with van der Waals surface area (Å²) in [4.78, 5) is 11.4. The van der Waals surface area contributed by atoms with E-state index in [1.165, 1.54) is 6.42 Å². The first-order valence-electron chi connectivity index (χ1n) is 4.81. The predicted octanol–water partition coefficient (Wildman–Crippen LogP) is 0.814. The molecule has 0 bridgehead atoms. The first kappa shape index (κ1) is 10.8. The average molecular weight is 205 g/mol. The smallest absolute Gasteiger partial charge is 0.223 e. The Kier molecular flexibility index (Phi) is 3.56. The molecule has 13 heavy (non-hydrogen) atoms. The van der Waals surface area contributed by atoms with Crippen molar-refractivity contribution < 1.29 is 4.79 Å². The third kappa shape index (κ3) is 2.35. The molecule has 0 radical (unpaired) electrons. The van der Waals surface area contributed by atoms with Gasteiger partial charge in [0.2, 0.25) is 5.91 Å². The largest absolute Gasteiger partial charge is 0.353 e. The van der Waals surface area contributed by atoms with Crippen molar-refractivity contribution in [2.75, 3.05) is 0 Å². The number of amides is 1. The molecule has 0 unspecified atom stereocenters. The number of hydrogen-bond donors (Lipinski definition) is 2. The van der Waals surface area contributed by atoms with Crippen LogP contribution in [0.3, 0.4) is 0 Å². The van der Waals surface area contributed by atoms with E-state index in [0.29, 0.717) is 18.0 Å². The molecule has 76 valence electrons. The molecule has 0 atom stereocenters. The second kappa shape index (κ2) is 4.29. The standard InChI is InChI=1S/C9H16N2O.ClH/c10-7-4-8(5-7)11-9(12)6-2-1-3-6;/h6-8H,1-5,10H2,(H,11,12);1H. The van der Waals surface area contributed by atoms with Crippen molar-refractivity contribution in [3.05, 3.63) is 0 Å². The summed E-state index contributed by atoms with van der Waals surface area (Å²) in [5, 5.41) is 3.03. The Labute approximate surface area is 84.9 Å². The molecule has 2 aliphatic rings. The molecule has 2 saturated carbocycles. The molecular weight excluding hydrogens is 188 g/mol. The molecule has 2 rings (SSSR count). The number of nitrogens with one attached hydrogen (secondary N) is 1. The van der Waals surface area contributed by atoms with Gasteiger partial charge in [0.05, 0.1) is 0 Å². The Morgan fingerprint density at radius 1 is 1.31 bits per heavy atom. The first-order valence-corrected chi connectivity index (χ1v) is 4.81. The highest BCUT2D eigenvalue weighted by atomic mass is 35.5. The molecule has 0 heterocycles. The van der Waals surface area contributed by atoms with Crippen molar-refractivity contribution in [1.82, 2.24) is 5.32 Å². The summed E-state index contributed by atoms with van der Waals surface area (Å²) < 4.78 is 0. The monoisotopic (exact) mass is 204 g/mol. The fourth-order valence-corrected chi connectivity index (χ4v) is 1.77. The molecule has 1 amide bonds. The summed E-state index contributed by atoms with van der Waals surface area (Å²) in [6.45, 7) is 0. The average Bonchev–Trinajstić information content (AvgIpc) is 1.79. The zero-order valence-electron chi connectivity index (χ0n) is 7.66. The zero-order chi connectivity index (χ0) is 8.55. The van der Waals surface area contributed by atoms with Crippen LogP contribution in [0.5, 0.6) is 0 Å². The number of hydrogen-bond acceptors (Lipinski definition) is 2. The van der Waals surface area contributed by atoms with Gasteiger partial charge in [-0.1, -0.05) is 6.42 Å². The van der Waals surface area contributed by atoms with Gasteiger partial charge >= 0.3 is 0 Å². The van der Waals surface area contributed by atoms with Gasteiger partial charge in [-0.2, -0.15) is 0 Å². The zero-order valence-corrected chi connectivity index (χ0v) is 8.48. The third-order valence-corrected chi connectivity index (χ3v) is 3.00. The number of halogens is 1. The van der Waals surface area contributed by atoms with Crippen molar-refractivity contribution in [3.63, 3.8) is 0 Å². The fraction of sp³-hybridized carbons (Fsp3) is 0.889. The molecule has 3 nitrogen and oxygen atoms in total. The van der Waals surface area contributed by atoms with Crippen molar-refractivity contribution in [2.24, 2.45) is 11.7 Å². The molecule has 0 aliphatic heterocycles. The van der Waals surface area contributed by atoms with Gasteiger partial charge in [-0.05, 0) is 25.7 Å². The van der Waals surface area contributed by atoms with E-state index in [0.717, 1.165) is 25.7 Å². The van der Waals surface area contributed by atoms with Crippen molar-refractivity contribution in [1.29, 1.82) is 0 Å². The predicted molar refractivity (Wildman–Crippen MR) is 53.7 cm³/mol. The van der Waals surface area contributed by atoms with E-state index in [9.17, 15) is 4.79 Å². The van der Waals surface area contributed by atoms with Crippen molar-refractivity contribution in [2.45, 2.75) is 44.2 Å². The van der Waals surface area contributed by atoms with Gasteiger partial charge in [0.25, 0.3) is 0 Å². The Balaban J connectivity index is 0.000000845. The maximum Gasteiger partial charge on any atom is 0.223 e. The highest BCUT2D eigenvalue weighted by Gasteiger charge is 2.31. The van der Waals surface area contributed by atoms with E-state index in [1.807, 2.05) is 0 Å². The van der Waals surface area contributed by atoms with Gasteiger partial charge < -0.3 is 11.1 Å². The number of carbonyl (C=O) groups excluding carboxylic acids is 1. The Hall–Kier alpha value is -0.280. The van der Waals surface area contributed by atoms with E-state index in [4.69, 9.17) is 5.73 Å². The van der Waals surface area contributed by atoms with Crippen LogP contribution in [0.2, 0.25) is 0 Å². The second-order valence-corrected chi connectivity index (χ2v) is 4.06. The molecule has 0 aromatic heterocycles. The highest BCUT2D eigenvalue weighted by Crippen LogP contribution is 2.27. The molecule has 3 N–H and O–H groups in total. The third-order valence-electron chi connectivity index (χ3n) is 3.00. The summed E-state index contributed by atoms with van der Waals surface area (Å²) in [7, 11) is 0. The molecule has 2 fully saturated rings. The molecule has 2 aliphatic carbocycles. The topological polar surface area (TPSA) is 55.1 Å². The fourth-order valence-electron chi connectivity index (χ4n) is 1.77. The Morgan fingerprint density at radius 2 is 1.92 bits per heavy atom. The van der Waals surface area contributed by atoms with Gasteiger partial charge in [0, 0.05) is 18.0 Å². The molecule has 0 aromatic carbocycles. The van der Waals surface area contributed by atoms with E-state index in [1.54, 1.807) is 0 Å². The maximum atomic E-state index is 11.4. The maximum absolute atomic E-state index is 11.4. The summed E-state index contributed by atoms with van der Waals surface area (Å²) >= 11 is 0. The van der Waals surface area contributed by atoms with Crippen LogP contribution < -0.4 is 11.1 Å². The van der Waals surface area contributed by atoms with Crippen LogP contribution in [0.4, 0.5) is 0 Å². The van der Waals surface area contributed by atoms with Crippen LogP contribution in [0.1, 0.15) is 32.1 Å². The summed E-state index contributed by atoms with van der Waals surface area (Å²) in [6, 6.07) is 0.713. The first-order chi connectivity index (χ1) is 5.75. The second-order valence-electron chi connectivity index (χ2n) is 4.06. The van der Waals surface area contributed by atoms with Crippen molar-refractivity contribution >= 4 is 18.3 Å². The normalized spacial score (nSPS) is 32.4. The van der Waals surface area contributed by atoms with Crippen LogP contribution in [-0.2, 0) is 4.79 Å². The highest BCUT2D eigenvalue weighted by molar-refractivity contribution is 5.85. The lowest BCUT2D eigenvalue weighted by Gasteiger charge is -2.35. The minimum Gasteiger partial charge on any atom is -0.353 e. The summed E-state index contributed by atoms with van der Waals surface area (Å²) in [5.74, 6) is 0.583. The van der Waals surface area contributed by atoms with E-state index >= 15 is 0 Å². The summed E-state index contributed by atoms with van der Waals surface area (Å²) in [6.07, 6.45) is 5.34. The number of carbonyl (C=O) groups is 1. The lowest BCUT2D eigenvalue weighted by atomic mass is 9.82. The molecule has 0 aromatic rings. The molecule has 4 heteroatoms. The lowest BCUT2D eigenvalue weighted by Crippen LogP contribution is -2.52. The quantitative estimate of drug-likeness (QED) is 0.700. The van der Waals surface area contributed by atoms with Gasteiger partial charge in [-0.15, -0.1) is 12.4 Å². The van der Waals surface area contributed by atoms with Gasteiger partial charge in [0.1, 0.15) is 0 Å². The van der Waals surface area contributed by atoms with Crippen LogP contribution in [0.15, 0.2) is 0 Å². The van der Waals surface area contributed by atoms with Crippen LogP contribution >= 0.6 is 12.4 Å². The number of nitrogens with two attached hydrogens (primary N) is 1. The van der Waals surface area contributed by atoms with E-state index in [2.05, 4.69) is 5.32 Å². The molecule has 0 saturated heterocycles. The Morgan fingerprint density at radius 3 is 2.31 bits per heavy atom.